The van der Waals surface area contributed by atoms with Gasteiger partial charge < -0.3 is 5.32 Å². The van der Waals surface area contributed by atoms with E-state index < -0.39 is 0 Å². The summed E-state index contributed by atoms with van der Waals surface area (Å²) >= 11 is 1.84. The predicted octanol–water partition coefficient (Wildman–Crippen LogP) is 3.61. The first kappa shape index (κ1) is 15.9. The third-order valence-electron chi connectivity index (χ3n) is 4.79. The minimum absolute atomic E-state index is 0.437. The van der Waals surface area contributed by atoms with Gasteiger partial charge in [-0.2, -0.15) is 0 Å². The van der Waals surface area contributed by atoms with Crippen molar-refractivity contribution in [2.75, 3.05) is 13.1 Å². The summed E-state index contributed by atoms with van der Waals surface area (Å²) in [6.07, 6.45) is 4.45. The molecule has 1 aliphatic heterocycles. The Morgan fingerprint density at radius 2 is 2.20 bits per heavy atom. The maximum absolute atomic E-state index is 4.61. The molecule has 0 saturated carbocycles. The highest BCUT2D eigenvalue weighted by atomic mass is 32.1. The van der Waals surface area contributed by atoms with Crippen LogP contribution >= 0.6 is 11.3 Å². The van der Waals surface area contributed by atoms with E-state index in [2.05, 4.69) is 49.8 Å². The van der Waals surface area contributed by atoms with Gasteiger partial charge in [-0.25, -0.2) is 4.98 Å². The van der Waals surface area contributed by atoms with Crippen molar-refractivity contribution in [1.82, 2.24) is 15.2 Å². The Kier molecular flexibility index (Phi) is 5.58. The summed E-state index contributed by atoms with van der Waals surface area (Å²) in [6, 6.07) is 1.69. The second-order valence-electron chi connectivity index (χ2n) is 6.14. The van der Waals surface area contributed by atoms with Crippen LogP contribution in [0.3, 0.4) is 0 Å². The van der Waals surface area contributed by atoms with Gasteiger partial charge in [-0.05, 0) is 26.2 Å². The normalized spacial score (nSPS) is 27.4. The highest BCUT2D eigenvalue weighted by Crippen LogP contribution is 2.29. The van der Waals surface area contributed by atoms with Crippen molar-refractivity contribution in [2.24, 2.45) is 5.92 Å². The average molecular weight is 295 g/mol. The lowest BCUT2D eigenvalue weighted by molar-refractivity contribution is 0.0705. The van der Waals surface area contributed by atoms with Gasteiger partial charge >= 0.3 is 0 Å². The van der Waals surface area contributed by atoms with Crippen LogP contribution in [0, 0.1) is 12.8 Å². The van der Waals surface area contributed by atoms with E-state index >= 15 is 0 Å². The number of rotatable bonds is 5. The Morgan fingerprint density at radius 3 is 2.75 bits per heavy atom. The van der Waals surface area contributed by atoms with E-state index in [1.54, 1.807) is 0 Å². The summed E-state index contributed by atoms with van der Waals surface area (Å²) < 4.78 is 0. The monoisotopic (exact) mass is 295 g/mol. The fourth-order valence-electron chi connectivity index (χ4n) is 3.07. The van der Waals surface area contributed by atoms with Crippen LogP contribution in [0.2, 0.25) is 0 Å². The van der Waals surface area contributed by atoms with Crippen molar-refractivity contribution in [1.29, 1.82) is 0 Å². The summed E-state index contributed by atoms with van der Waals surface area (Å²) in [5, 5.41) is 5.02. The SMILES string of the molecule is CCC(C)C1CN(C(C)c2ncc(C)s2)C(CC)CN1. The summed E-state index contributed by atoms with van der Waals surface area (Å²) in [5.74, 6) is 0.737. The van der Waals surface area contributed by atoms with Gasteiger partial charge in [0.1, 0.15) is 5.01 Å². The van der Waals surface area contributed by atoms with Gasteiger partial charge in [0.15, 0.2) is 0 Å². The van der Waals surface area contributed by atoms with Crippen LogP contribution in [0.4, 0.5) is 0 Å². The Morgan fingerprint density at radius 1 is 1.45 bits per heavy atom. The lowest BCUT2D eigenvalue weighted by Crippen LogP contribution is -2.58. The van der Waals surface area contributed by atoms with Crippen molar-refractivity contribution < 1.29 is 0 Å². The average Bonchev–Trinajstić information content (AvgIpc) is 2.91. The summed E-state index contributed by atoms with van der Waals surface area (Å²) in [6.45, 7) is 13.7. The zero-order valence-electron chi connectivity index (χ0n) is 13.5. The van der Waals surface area contributed by atoms with Crippen LogP contribution in [0.15, 0.2) is 6.20 Å². The minimum Gasteiger partial charge on any atom is -0.311 e. The molecular weight excluding hydrogens is 266 g/mol. The molecule has 2 rings (SSSR count). The second kappa shape index (κ2) is 7.01. The Hall–Kier alpha value is -0.450. The van der Waals surface area contributed by atoms with E-state index in [1.165, 1.54) is 22.7 Å². The topological polar surface area (TPSA) is 28.2 Å². The second-order valence-corrected chi connectivity index (χ2v) is 7.41. The maximum atomic E-state index is 4.61. The van der Waals surface area contributed by atoms with E-state index in [0.717, 1.165) is 19.0 Å². The van der Waals surface area contributed by atoms with E-state index in [9.17, 15) is 0 Å². The lowest BCUT2D eigenvalue weighted by atomic mass is 9.94. The smallest absolute Gasteiger partial charge is 0.110 e. The quantitative estimate of drug-likeness (QED) is 0.899. The zero-order chi connectivity index (χ0) is 14.7. The van der Waals surface area contributed by atoms with Crippen LogP contribution in [-0.2, 0) is 0 Å². The molecule has 0 aromatic carbocycles. The fraction of sp³-hybridized carbons (Fsp3) is 0.812. The van der Waals surface area contributed by atoms with E-state index in [0.29, 0.717) is 18.1 Å². The van der Waals surface area contributed by atoms with Crippen molar-refractivity contribution in [2.45, 2.75) is 65.6 Å². The molecule has 20 heavy (non-hydrogen) atoms. The first-order valence-corrected chi connectivity index (χ1v) is 8.79. The van der Waals surface area contributed by atoms with Gasteiger partial charge in [0.25, 0.3) is 0 Å². The van der Waals surface area contributed by atoms with E-state index in [-0.39, 0.29) is 0 Å². The highest BCUT2D eigenvalue weighted by molar-refractivity contribution is 7.11. The van der Waals surface area contributed by atoms with Crippen molar-refractivity contribution in [3.63, 3.8) is 0 Å². The van der Waals surface area contributed by atoms with E-state index in [4.69, 9.17) is 0 Å². The number of thiazole rings is 1. The highest BCUT2D eigenvalue weighted by Gasteiger charge is 2.33. The van der Waals surface area contributed by atoms with Gasteiger partial charge in [0.05, 0.1) is 6.04 Å². The van der Waals surface area contributed by atoms with Gasteiger partial charge in [-0.15, -0.1) is 11.3 Å². The maximum Gasteiger partial charge on any atom is 0.110 e. The Balaban J connectivity index is 2.12. The Labute approximate surface area is 127 Å². The molecule has 0 bridgehead atoms. The standard InChI is InChI=1S/C16H29N3S/c1-6-11(3)15-10-19(14(7-2)9-17-15)13(5)16-18-8-12(4)20-16/h8,11,13-15,17H,6-7,9-10H2,1-5H3. The number of aryl methyl sites for hydroxylation is 1. The van der Waals surface area contributed by atoms with Crippen LogP contribution < -0.4 is 5.32 Å². The number of piperazine rings is 1. The van der Waals surface area contributed by atoms with Gasteiger partial charge in [0, 0.05) is 36.2 Å². The van der Waals surface area contributed by atoms with Gasteiger partial charge in [-0.3, -0.25) is 4.90 Å². The number of aromatic nitrogens is 1. The molecule has 1 fully saturated rings. The molecule has 0 amide bonds. The molecule has 4 atom stereocenters. The number of nitrogens with one attached hydrogen (secondary N) is 1. The Bertz CT molecular complexity index is 418. The van der Waals surface area contributed by atoms with Gasteiger partial charge in [-0.1, -0.05) is 27.2 Å². The van der Waals surface area contributed by atoms with Crippen LogP contribution in [-0.4, -0.2) is 35.1 Å². The van der Waals surface area contributed by atoms with Crippen molar-refractivity contribution in [3.8, 4) is 0 Å². The summed E-state index contributed by atoms with van der Waals surface area (Å²) in [4.78, 5) is 8.59. The number of nitrogens with zero attached hydrogens (tertiary/aromatic N) is 2. The molecule has 0 aliphatic carbocycles. The third kappa shape index (κ3) is 3.41. The zero-order valence-corrected chi connectivity index (χ0v) is 14.3. The predicted molar refractivity (Wildman–Crippen MR) is 87.3 cm³/mol. The molecule has 1 saturated heterocycles. The van der Waals surface area contributed by atoms with E-state index in [1.807, 2.05) is 17.5 Å². The molecule has 0 radical (unpaired) electrons. The van der Waals surface area contributed by atoms with Crippen molar-refractivity contribution in [3.05, 3.63) is 16.1 Å². The molecule has 2 heterocycles. The molecule has 3 nitrogen and oxygen atoms in total. The fourth-order valence-corrected chi connectivity index (χ4v) is 3.92. The largest absolute Gasteiger partial charge is 0.311 e. The molecule has 1 aromatic heterocycles. The molecule has 4 unspecified atom stereocenters. The third-order valence-corrected chi connectivity index (χ3v) is 5.87. The lowest BCUT2D eigenvalue weighted by Gasteiger charge is -2.44. The molecule has 1 aromatic rings. The number of hydrogen-bond acceptors (Lipinski definition) is 4. The number of hydrogen-bond donors (Lipinski definition) is 1. The molecule has 1 N–H and O–H groups in total. The van der Waals surface area contributed by atoms with Crippen LogP contribution in [0.1, 0.15) is 56.5 Å². The summed E-state index contributed by atoms with van der Waals surface area (Å²) in [5.41, 5.74) is 0. The molecular formula is C16H29N3S. The first-order chi connectivity index (χ1) is 9.56. The van der Waals surface area contributed by atoms with Crippen molar-refractivity contribution >= 4 is 11.3 Å². The molecule has 114 valence electrons. The van der Waals surface area contributed by atoms with Crippen LogP contribution in [0.5, 0.6) is 0 Å². The summed E-state index contributed by atoms with van der Waals surface area (Å²) in [7, 11) is 0. The van der Waals surface area contributed by atoms with Crippen LogP contribution in [0.25, 0.3) is 0 Å². The van der Waals surface area contributed by atoms with Gasteiger partial charge in [0.2, 0.25) is 0 Å². The molecule has 4 heteroatoms. The molecule has 0 spiro atoms. The minimum atomic E-state index is 0.437. The molecule has 1 aliphatic rings. The first-order valence-electron chi connectivity index (χ1n) is 7.98.